The van der Waals surface area contributed by atoms with Crippen molar-refractivity contribution in [2.75, 3.05) is 6.61 Å². The summed E-state index contributed by atoms with van der Waals surface area (Å²) in [4.78, 5) is 0. The Labute approximate surface area is 119 Å². The summed E-state index contributed by atoms with van der Waals surface area (Å²) in [5.41, 5.74) is 5.67. The van der Waals surface area contributed by atoms with Gasteiger partial charge in [0.15, 0.2) is 11.5 Å². The fraction of sp³-hybridized carbons (Fsp3) is 0.200. The predicted octanol–water partition coefficient (Wildman–Crippen LogP) is 3.49. The molecule has 3 N–H and O–H groups in total. The summed E-state index contributed by atoms with van der Waals surface area (Å²) < 4.78 is 42.7. The lowest BCUT2D eigenvalue weighted by molar-refractivity contribution is -0.137. The molecule has 0 spiro atoms. The zero-order valence-electron chi connectivity index (χ0n) is 11.0. The van der Waals surface area contributed by atoms with E-state index in [1.807, 2.05) is 0 Å². The number of nitrogens with two attached hydrogens (primary N) is 1. The third-order valence-electron chi connectivity index (χ3n) is 2.95. The molecule has 0 heterocycles. The van der Waals surface area contributed by atoms with Crippen LogP contribution in [0.4, 0.5) is 13.2 Å². The molecule has 0 bridgehead atoms. The van der Waals surface area contributed by atoms with Crippen LogP contribution >= 0.6 is 0 Å². The van der Waals surface area contributed by atoms with Crippen molar-refractivity contribution in [3.05, 3.63) is 59.7 Å². The monoisotopic (exact) mass is 297 g/mol. The number of benzene rings is 2. The number of para-hydroxylation sites is 2. The molecule has 0 radical (unpaired) electrons. The van der Waals surface area contributed by atoms with Gasteiger partial charge < -0.3 is 15.6 Å². The minimum absolute atomic E-state index is 0.0166. The fourth-order valence-corrected chi connectivity index (χ4v) is 1.77. The third kappa shape index (κ3) is 3.88. The van der Waals surface area contributed by atoms with Crippen LogP contribution in [0.1, 0.15) is 17.2 Å². The Kier molecular flexibility index (Phi) is 4.37. The lowest BCUT2D eigenvalue weighted by atomic mass is 10.1. The molecule has 2 aromatic rings. The van der Waals surface area contributed by atoms with Gasteiger partial charge >= 0.3 is 6.18 Å². The van der Waals surface area contributed by atoms with Crippen molar-refractivity contribution in [2.24, 2.45) is 5.73 Å². The number of rotatable bonds is 4. The molecule has 1 atom stereocenters. The van der Waals surface area contributed by atoms with Crippen LogP contribution in [-0.4, -0.2) is 11.7 Å². The van der Waals surface area contributed by atoms with Gasteiger partial charge in [-0.15, -0.1) is 0 Å². The molecule has 3 nitrogen and oxygen atoms in total. The van der Waals surface area contributed by atoms with Crippen molar-refractivity contribution in [1.29, 1.82) is 0 Å². The Morgan fingerprint density at radius 1 is 1.05 bits per heavy atom. The molecule has 1 unspecified atom stereocenters. The van der Waals surface area contributed by atoms with E-state index in [-0.39, 0.29) is 18.1 Å². The van der Waals surface area contributed by atoms with E-state index in [1.165, 1.54) is 18.2 Å². The highest BCUT2D eigenvalue weighted by atomic mass is 19.4. The average molecular weight is 297 g/mol. The van der Waals surface area contributed by atoms with E-state index in [0.29, 0.717) is 5.56 Å². The summed E-state index contributed by atoms with van der Waals surface area (Å²) in [6.45, 7) is 0.0446. The number of phenolic OH excluding ortho intramolecular Hbond substituents is 1. The van der Waals surface area contributed by atoms with Crippen molar-refractivity contribution >= 4 is 0 Å². The second-order valence-electron chi connectivity index (χ2n) is 4.50. The van der Waals surface area contributed by atoms with Crippen molar-refractivity contribution < 1.29 is 23.0 Å². The van der Waals surface area contributed by atoms with Gasteiger partial charge in [-0.25, -0.2) is 0 Å². The van der Waals surface area contributed by atoms with Gasteiger partial charge in [0.05, 0.1) is 11.6 Å². The SMILES string of the molecule is NC(COc1ccccc1O)c1ccc(C(F)(F)F)cc1. The van der Waals surface area contributed by atoms with Crippen LogP contribution in [0.2, 0.25) is 0 Å². The summed E-state index contributed by atoms with van der Waals surface area (Å²) in [6, 6.07) is 10.4. The first-order valence-electron chi connectivity index (χ1n) is 6.21. The first-order chi connectivity index (χ1) is 9.88. The zero-order valence-corrected chi connectivity index (χ0v) is 11.0. The van der Waals surface area contributed by atoms with Gasteiger partial charge in [-0.3, -0.25) is 0 Å². The van der Waals surface area contributed by atoms with Gasteiger partial charge in [-0.05, 0) is 29.8 Å². The number of ether oxygens (including phenoxy) is 1. The Morgan fingerprint density at radius 2 is 1.67 bits per heavy atom. The smallest absolute Gasteiger partial charge is 0.416 e. The Balaban J connectivity index is 2.01. The molecule has 0 fully saturated rings. The van der Waals surface area contributed by atoms with Gasteiger partial charge in [-0.2, -0.15) is 13.2 Å². The van der Waals surface area contributed by atoms with Crippen LogP contribution in [0.5, 0.6) is 11.5 Å². The number of hydrogen-bond donors (Lipinski definition) is 2. The van der Waals surface area contributed by atoms with Crippen LogP contribution in [0, 0.1) is 0 Å². The average Bonchev–Trinajstić information content (AvgIpc) is 2.45. The van der Waals surface area contributed by atoms with Crippen LogP contribution in [0.15, 0.2) is 48.5 Å². The highest BCUT2D eigenvalue weighted by molar-refractivity contribution is 5.38. The predicted molar refractivity (Wildman–Crippen MR) is 72.0 cm³/mol. The van der Waals surface area contributed by atoms with Crippen LogP contribution in [0.3, 0.4) is 0 Å². The van der Waals surface area contributed by atoms with Gasteiger partial charge in [-0.1, -0.05) is 24.3 Å². The second kappa shape index (κ2) is 6.05. The molecule has 0 aliphatic heterocycles. The van der Waals surface area contributed by atoms with Gasteiger partial charge in [0.25, 0.3) is 0 Å². The van der Waals surface area contributed by atoms with Crippen molar-refractivity contribution in [3.63, 3.8) is 0 Å². The molecule has 21 heavy (non-hydrogen) atoms. The Bertz CT molecular complexity index is 597. The molecule has 0 saturated carbocycles. The van der Waals surface area contributed by atoms with Crippen molar-refractivity contribution in [2.45, 2.75) is 12.2 Å². The van der Waals surface area contributed by atoms with Gasteiger partial charge in [0.2, 0.25) is 0 Å². The van der Waals surface area contributed by atoms with E-state index in [2.05, 4.69) is 0 Å². The zero-order chi connectivity index (χ0) is 15.5. The number of hydrogen-bond acceptors (Lipinski definition) is 3. The fourth-order valence-electron chi connectivity index (χ4n) is 1.77. The number of phenols is 1. The van der Waals surface area contributed by atoms with Crippen LogP contribution < -0.4 is 10.5 Å². The maximum Gasteiger partial charge on any atom is 0.416 e. The minimum Gasteiger partial charge on any atom is -0.504 e. The summed E-state index contributed by atoms with van der Waals surface area (Å²) >= 11 is 0. The summed E-state index contributed by atoms with van der Waals surface area (Å²) in [7, 11) is 0. The normalized spacial score (nSPS) is 13.0. The molecular formula is C15H14F3NO2. The molecule has 0 saturated heterocycles. The summed E-state index contributed by atoms with van der Waals surface area (Å²) in [5.74, 6) is 0.261. The number of halogens is 3. The molecule has 2 rings (SSSR count). The molecular weight excluding hydrogens is 283 g/mol. The van der Waals surface area contributed by atoms with E-state index in [9.17, 15) is 18.3 Å². The summed E-state index contributed by atoms with van der Waals surface area (Å²) in [5, 5.41) is 9.53. The molecule has 0 aromatic heterocycles. The molecule has 6 heteroatoms. The summed E-state index contributed by atoms with van der Waals surface area (Å²) in [6.07, 6.45) is -4.37. The largest absolute Gasteiger partial charge is 0.504 e. The molecule has 0 aliphatic carbocycles. The lowest BCUT2D eigenvalue weighted by Crippen LogP contribution is -2.19. The lowest BCUT2D eigenvalue weighted by Gasteiger charge is -2.15. The topological polar surface area (TPSA) is 55.5 Å². The van der Waals surface area contributed by atoms with E-state index in [0.717, 1.165) is 12.1 Å². The van der Waals surface area contributed by atoms with Crippen molar-refractivity contribution in [3.8, 4) is 11.5 Å². The Hall–Kier alpha value is -2.21. The van der Waals surface area contributed by atoms with Gasteiger partial charge in [0, 0.05) is 0 Å². The van der Waals surface area contributed by atoms with Gasteiger partial charge in [0.1, 0.15) is 6.61 Å². The molecule has 0 aliphatic rings. The third-order valence-corrected chi connectivity index (χ3v) is 2.95. The Morgan fingerprint density at radius 3 is 2.24 bits per heavy atom. The highest BCUT2D eigenvalue weighted by Gasteiger charge is 2.30. The van der Waals surface area contributed by atoms with E-state index >= 15 is 0 Å². The minimum atomic E-state index is -4.37. The number of aromatic hydroxyl groups is 1. The van der Waals surface area contributed by atoms with E-state index in [1.54, 1.807) is 18.2 Å². The maximum atomic E-state index is 12.5. The van der Waals surface area contributed by atoms with E-state index < -0.39 is 17.8 Å². The van der Waals surface area contributed by atoms with E-state index in [4.69, 9.17) is 10.5 Å². The second-order valence-corrected chi connectivity index (χ2v) is 4.50. The first-order valence-corrected chi connectivity index (χ1v) is 6.21. The maximum absolute atomic E-state index is 12.5. The quantitative estimate of drug-likeness (QED) is 0.908. The first kappa shape index (κ1) is 15.2. The van der Waals surface area contributed by atoms with Crippen LogP contribution in [0.25, 0.3) is 0 Å². The molecule has 2 aromatic carbocycles. The number of alkyl halides is 3. The van der Waals surface area contributed by atoms with Crippen molar-refractivity contribution in [1.82, 2.24) is 0 Å². The highest BCUT2D eigenvalue weighted by Crippen LogP contribution is 2.30. The standard InChI is InChI=1S/C15H14F3NO2/c16-15(17,18)11-7-5-10(6-8-11)12(19)9-21-14-4-2-1-3-13(14)20/h1-8,12,20H,9,19H2. The molecule has 112 valence electrons. The van der Waals surface area contributed by atoms with Crippen LogP contribution in [-0.2, 0) is 6.18 Å². The molecule has 0 amide bonds.